The molecule has 0 saturated carbocycles. The minimum atomic E-state index is -3.50. The summed E-state index contributed by atoms with van der Waals surface area (Å²) in [6, 6.07) is 14.5. The highest BCUT2D eigenvalue weighted by molar-refractivity contribution is 7.99. The van der Waals surface area contributed by atoms with E-state index in [1.165, 1.54) is 16.1 Å². The maximum atomic E-state index is 12.5. The van der Waals surface area contributed by atoms with Crippen molar-refractivity contribution in [2.75, 3.05) is 12.8 Å². The van der Waals surface area contributed by atoms with Crippen molar-refractivity contribution in [2.24, 2.45) is 0 Å². The van der Waals surface area contributed by atoms with E-state index in [2.05, 4.69) is 10.3 Å². The van der Waals surface area contributed by atoms with Crippen LogP contribution in [0.2, 0.25) is 0 Å². The number of carbonyl (C=O) groups is 1. The van der Waals surface area contributed by atoms with Gasteiger partial charge in [-0.2, -0.15) is 4.31 Å². The largest absolute Gasteiger partial charge is 0.351 e. The summed E-state index contributed by atoms with van der Waals surface area (Å²) >= 11 is 3.18. The van der Waals surface area contributed by atoms with Gasteiger partial charge in [0.15, 0.2) is 0 Å². The second-order valence-corrected chi connectivity index (χ2v) is 11.2. The van der Waals surface area contributed by atoms with Gasteiger partial charge in [0, 0.05) is 25.4 Å². The lowest BCUT2D eigenvalue weighted by Crippen LogP contribution is -2.33. The standard InChI is InChI=1S/C21H25N3O3S3/c1-15(2)24(3)30(26,27)17-10-8-16(9-11-17)12-22-20(25)13-28-14-21-23-18-6-4-5-7-19(18)29-21/h4-11,15H,12-14H2,1-3H3,(H,22,25). The molecule has 0 aliphatic heterocycles. The summed E-state index contributed by atoms with van der Waals surface area (Å²) < 4.78 is 27.5. The van der Waals surface area contributed by atoms with Crippen LogP contribution in [0, 0.1) is 0 Å². The number of nitrogens with zero attached hydrogens (tertiary/aromatic N) is 2. The normalized spacial score (nSPS) is 12.0. The van der Waals surface area contributed by atoms with E-state index in [0.29, 0.717) is 18.1 Å². The lowest BCUT2D eigenvalue weighted by atomic mass is 10.2. The van der Waals surface area contributed by atoms with E-state index in [1.54, 1.807) is 42.6 Å². The number of para-hydroxylation sites is 1. The van der Waals surface area contributed by atoms with E-state index >= 15 is 0 Å². The van der Waals surface area contributed by atoms with Crippen LogP contribution < -0.4 is 5.32 Å². The van der Waals surface area contributed by atoms with Crippen LogP contribution in [0.5, 0.6) is 0 Å². The van der Waals surface area contributed by atoms with Crippen LogP contribution in [-0.4, -0.2) is 42.5 Å². The Balaban J connectivity index is 1.46. The molecule has 0 spiro atoms. The van der Waals surface area contributed by atoms with Gasteiger partial charge in [-0.25, -0.2) is 13.4 Å². The number of hydrogen-bond acceptors (Lipinski definition) is 6. The Bertz CT molecular complexity index is 1080. The highest BCUT2D eigenvalue weighted by Gasteiger charge is 2.22. The second-order valence-electron chi connectivity index (χ2n) is 7.10. The molecule has 3 rings (SSSR count). The topological polar surface area (TPSA) is 79.4 Å². The molecule has 6 nitrogen and oxygen atoms in total. The molecule has 3 aromatic rings. The number of aromatic nitrogens is 1. The van der Waals surface area contributed by atoms with Gasteiger partial charge in [-0.15, -0.1) is 23.1 Å². The minimum absolute atomic E-state index is 0.0580. The molecular weight excluding hydrogens is 438 g/mol. The van der Waals surface area contributed by atoms with Gasteiger partial charge in [0.1, 0.15) is 5.01 Å². The SMILES string of the molecule is CC(C)N(C)S(=O)(=O)c1ccc(CNC(=O)CSCc2nc3ccccc3s2)cc1. The first kappa shape index (κ1) is 22.7. The lowest BCUT2D eigenvalue weighted by Gasteiger charge is -2.21. The maximum Gasteiger partial charge on any atom is 0.243 e. The van der Waals surface area contributed by atoms with Crippen LogP contribution >= 0.6 is 23.1 Å². The quantitative estimate of drug-likeness (QED) is 0.521. The second kappa shape index (κ2) is 9.91. The first-order valence-electron chi connectivity index (χ1n) is 9.53. The summed E-state index contributed by atoms with van der Waals surface area (Å²) in [4.78, 5) is 16.9. The number of hydrogen-bond donors (Lipinski definition) is 1. The van der Waals surface area contributed by atoms with Crippen molar-refractivity contribution in [1.82, 2.24) is 14.6 Å². The average molecular weight is 464 g/mol. The molecule has 0 fully saturated rings. The van der Waals surface area contributed by atoms with Crippen LogP contribution in [-0.2, 0) is 27.1 Å². The van der Waals surface area contributed by atoms with Crippen molar-refractivity contribution in [3.05, 3.63) is 59.1 Å². The first-order chi connectivity index (χ1) is 14.3. The average Bonchev–Trinajstić information content (AvgIpc) is 3.14. The molecular formula is C21H25N3O3S3. The van der Waals surface area contributed by atoms with E-state index in [-0.39, 0.29) is 16.8 Å². The van der Waals surface area contributed by atoms with E-state index in [9.17, 15) is 13.2 Å². The van der Waals surface area contributed by atoms with Crippen molar-refractivity contribution < 1.29 is 13.2 Å². The number of fused-ring (bicyclic) bond motifs is 1. The van der Waals surface area contributed by atoms with Crippen LogP contribution in [0.25, 0.3) is 10.2 Å². The Kier molecular flexibility index (Phi) is 7.51. The number of nitrogens with one attached hydrogen (secondary N) is 1. The Morgan fingerprint density at radius 2 is 1.87 bits per heavy atom. The van der Waals surface area contributed by atoms with Gasteiger partial charge >= 0.3 is 0 Å². The van der Waals surface area contributed by atoms with E-state index < -0.39 is 10.0 Å². The van der Waals surface area contributed by atoms with Crippen molar-refractivity contribution >= 4 is 49.2 Å². The Hall–Kier alpha value is -1.94. The van der Waals surface area contributed by atoms with E-state index in [1.807, 2.05) is 38.1 Å². The number of amides is 1. The van der Waals surface area contributed by atoms with Gasteiger partial charge in [-0.1, -0.05) is 24.3 Å². The molecule has 1 heterocycles. The van der Waals surface area contributed by atoms with E-state index in [4.69, 9.17) is 0 Å². The monoisotopic (exact) mass is 463 g/mol. The number of benzene rings is 2. The van der Waals surface area contributed by atoms with Crippen LogP contribution in [0.3, 0.4) is 0 Å². The Morgan fingerprint density at radius 3 is 2.53 bits per heavy atom. The fourth-order valence-electron chi connectivity index (χ4n) is 2.69. The molecule has 1 amide bonds. The van der Waals surface area contributed by atoms with Crippen LogP contribution in [0.1, 0.15) is 24.4 Å². The predicted molar refractivity (Wildman–Crippen MR) is 124 cm³/mol. The third kappa shape index (κ3) is 5.60. The minimum Gasteiger partial charge on any atom is -0.351 e. The van der Waals surface area contributed by atoms with Crippen molar-refractivity contribution in [3.63, 3.8) is 0 Å². The smallest absolute Gasteiger partial charge is 0.243 e. The maximum absolute atomic E-state index is 12.5. The molecule has 0 saturated heterocycles. The Morgan fingerprint density at radius 1 is 1.17 bits per heavy atom. The van der Waals surface area contributed by atoms with Crippen LogP contribution in [0.15, 0.2) is 53.4 Å². The summed E-state index contributed by atoms with van der Waals surface area (Å²) in [5.74, 6) is 0.988. The first-order valence-corrected chi connectivity index (χ1v) is 12.9. The van der Waals surface area contributed by atoms with Gasteiger partial charge in [-0.05, 0) is 43.7 Å². The fourth-order valence-corrected chi connectivity index (χ4v) is 5.93. The highest BCUT2D eigenvalue weighted by Crippen LogP contribution is 2.24. The summed E-state index contributed by atoms with van der Waals surface area (Å²) in [5, 5.41) is 3.89. The molecule has 0 aliphatic carbocycles. The zero-order valence-corrected chi connectivity index (χ0v) is 19.6. The Labute approximate surface area is 185 Å². The van der Waals surface area contributed by atoms with E-state index in [0.717, 1.165) is 20.8 Å². The van der Waals surface area contributed by atoms with Crippen molar-refractivity contribution in [2.45, 2.75) is 37.1 Å². The van der Waals surface area contributed by atoms with Gasteiger partial charge in [0.05, 0.1) is 20.9 Å². The molecule has 0 unspecified atom stereocenters. The third-order valence-electron chi connectivity index (χ3n) is 4.61. The molecule has 9 heteroatoms. The fraction of sp³-hybridized carbons (Fsp3) is 0.333. The zero-order valence-electron chi connectivity index (χ0n) is 17.2. The number of carbonyl (C=O) groups excluding carboxylic acids is 1. The number of sulfonamides is 1. The molecule has 160 valence electrons. The highest BCUT2D eigenvalue weighted by atomic mass is 32.2. The number of thiazole rings is 1. The molecule has 1 aromatic heterocycles. The summed E-state index contributed by atoms with van der Waals surface area (Å²) in [5.41, 5.74) is 1.85. The zero-order chi connectivity index (χ0) is 21.7. The summed E-state index contributed by atoms with van der Waals surface area (Å²) in [7, 11) is -1.93. The molecule has 0 atom stereocenters. The van der Waals surface area contributed by atoms with Gasteiger partial charge in [-0.3, -0.25) is 4.79 Å². The molecule has 0 bridgehead atoms. The molecule has 30 heavy (non-hydrogen) atoms. The molecule has 0 radical (unpaired) electrons. The van der Waals surface area contributed by atoms with Crippen molar-refractivity contribution in [3.8, 4) is 0 Å². The predicted octanol–water partition coefficient (Wildman–Crippen LogP) is 3.87. The molecule has 2 aromatic carbocycles. The molecule has 1 N–H and O–H groups in total. The third-order valence-corrected chi connectivity index (χ3v) is 8.82. The number of thioether (sulfide) groups is 1. The van der Waals surface area contributed by atoms with Gasteiger partial charge < -0.3 is 5.32 Å². The number of rotatable bonds is 9. The summed E-state index contributed by atoms with van der Waals surface area (Å²) in [6.45, 7) is 4.02. The molecule has 0 aliphatic rings. The summed E-state index contributed by atoms with van der Waals surface area (Å²) in [6.07, 6.45) is 0. The van der Waals surface area contributed by atoms with Gasteiger partial charge in [0.25, 0.3) is 0 Å². The lowest BCUT2D eigenvalue weighted by molar-refractivity contribution is -0.118. The van der Waals surface area contributed by atoms with Crippen LogP contribution in [0.4, 0.5) is 0 Å². The van der Waals surface area contributed by atoms with Gasteiger partial charge in [0.2, 0.25) is 15.9 Å². The van der Waals surface area contributed by atoms with Crippen molar-refractivity contribution in [1.29, 1.82) is 0 Å².